The maximum absolute atomic E-state index is 12.4. The van der Waals surface area contributed by atoms with Crippen LogP contribution in [0.5, 0.6) is 5.75 Å². The van der Waals surface area contributed by atoms with Gasteiger partial charge in [0.2, 0.25) is 5.91 Å². The van der Waals surface area contributed by atoms with Crippen molar-refractivity contribution >= 4 is 39.3 Å². The van der Waals surface area contributed by atoms with E-state index >= 15 is 0 Å². The third kappa shape index (κ3) is 8.34. The molecule has 0 saturated carbocycles. The van der Waals surface area contributed by atoms with E-state index in [0.717, 1.165) is 6.42 Å². The van der Waals surface area contributed by atoms with Gasteiger partial charge in [0.05, 0.1) is 11.1 Å². The highest BCUT2D eigenvalue weighted by molar-refractivity contribution is 9.10. The van der Waals surface area contributed by atoms with Gasteiger partial charge >= 0.3 is 0 Å². The molecule has 0 saturated heterocycles. The second kappa shape index (κ2) is 12.2. The molecule has 0 atom stereocenters. The molecule has 172 valence electrons. The Kier molecular flexibility index (Phi) is 9.71. The molecule has 0 fully saturated rings. The molecule has 0 aliphatic carbocycles. The molecule has 32 heavy (non-hydrogen) atoms. The van der Waals surface area contributed by atoms with Gasteiger partial charge < -0.3 is 10.1 Å². The molecule has 2 rings (SSSR count). The standard InChI is InChI=1S/C24H30BrN3O4/c1-15(2)11-12-32-21-10-7-18(14-20(21)25)24(31)28-27-23(30)17-5-8-19(9-6-17)26-22(29)13-16(3)4/h5-10,14-16H,11-13H2,1-4H3,(H,26,29)(H,27,30)(H,28,31). The monoisotopic (exact) mass is 503 g/mol. The fourth-order valence-electron chi connectivity index (χ4n) is 2.71. The molecular formula is C24H30BrN3O4. The highest BCUT2D eigenvalue weighted by Crippen LogP contribution is 2.26. The second-order valence-corrected chi connectivity index (χ2v) is 9.16. The Morgan fingerprint density at radius 2 is 1.47 bits per heavy atom. The maximum Gasteiger partial charge on any atom is 0.269 e. The summed E-state index contributed by atoms with van der Waals surface area (Å²) in [5.74, 6) is 0.468. The Balaban J connectivity index is 1.87. The van der Waals surface area contributed by atoms with Crippen molar-refractivity contribution in [1.82, 2.24) is 10.9 Å². The van der Waals surface area contributed by atoms with Gasteiger partial charge in [0, 0.05) is 23.2 Å². The molecule has 0 spiro atoms. The average Bonchev–Trinajstić information content (AvgIpc) is 2.72. The predicted octanol–water partition coefficient (Wildman–Crippen LogP) is 4.93. The minimum absolute atomic E-state index is 0.0769. The van der Waals surface area contributed by atoms with Gasteiger partial charge in [-0.1, -0.05) is 27.7 Å². The van der Waals surface area contributed by atoms with Crippen LogP contribution >= 0.6 is 15.9 Å². The van der Waals surface area contributed by atoms with Crippen molar-refractivity contribution in [1.29, 1.82) is 0 Å². The van der Waals surface area contributed by atoms with E-state index in [4.69, 9.17) is 4.74 Å². The summed E-state index contributed by atoms with van der Waals surface area (Å²) < 4.78 is 6.38. The van der Waals surface area contributed by atoms with Crippen LogP contribution in [0.1, 0.15) is 61.3 Å². The zero-order valence-corrected chi connectivity index (χ0v) is 20.4. The van der Waals surface area contributed by atoms with E-state index in [-0.39, 0.29) is 11.8 Å². The van der Waals surface area contributed by atoms with Crippen LogP contribution in [0.25, 0.3) is 0 Å². The highest BCUT2D eigenvalue weighted by Gasteiger charge is 2.12. The van der Waals surface area contributed by atoms with Crippen LogP contribution in [-0.2, 0) is 4.79 Å². The lowest BCUT2D eigenvalue weighted by Crippen LogP contribution is -2.41. The van der Waals surface area contributed by atoms with E-state index in [0.29, 0.717) is 46.0 Å². The van der Waals surface area contributed by atoms with Crippen molar-refractivity contribution < 1.29 is 19.1 Å². The first kappa shape index (κ1) is 25.4. The van der Waals surface area contributed by atoms with E-state index in [1.165, 1.54) is 0 Å². The SMILES string of the molecule is CC(C)CCOc1ccc(C(=O)NNC(=O)c2ccc(NC(=O)CC(C)C)cc2)cc1Br. The largest absolute Gasteiger partial charge is 0.492 e. The summed E-state index contributed by atoms with van der Waals surface area (Å²) in [4.78, 5) is 36.5. The molecule has 0 unspecified atom stereocenters. The van der Waals surface area contributed by atoms with Crippen LogP contribution in [0.3, 0.4) is 0 Å². The highest BCUT2D eigenvalue weighted by atomic mass is 79.9. The number of hydrogen-bond donors (Lipinski definition) is 3. The summed E-state index contributed by atoms with van der Waals surface area (Å²) in [6.45, 7) is 8.78. The number of nitrogens with one attached hydrogen (secondary N) is 3. The van der Waals surface area contributed by atoms with Gasteiger partial charge in [0.25, 0.3) is 11.8 Å². The molecule has 0 aliphatic heterocycles. The Hall–Kier alpha value is -2.87. The Morgan fingerprint density at radius 3 is 2.03 bits per heavy atom. The van der Waals surface area contributed by atoms with E-state index in [9.17, 15) is 14.4 Å². The van der Waals surface area contributed by atoms with Crippen LogP contribution in [0, 0.1) is 11.8 Å². The van der Waals surface area contributed by atoms with Crippen molar-refractivity contribution in [3.05, 3.63) is 58.1 Å². The van der Waals surface area contributed by atoms with Crippen molar-refractivity contribution in [2.75, 3.05) is 11.9 Å². The second-order valence-electron chi connectivity index (χ2n) is 8.31. The number of benzene rings is 2. The number of carbonyl (C=O) groups excluding carboxylic acids is 3. The van der Waals surface area contributed by atoms with E-state index in [1.807, 2.05) is 13.8 Å². The summed E-state index contributed by atoms with van der Waals surface area (Å²) in [5.41, 5.74) is 6.12. The maximum atomic E-state index is 12.4. The summed E-state index contributed by atoms with van der Waals surface area (Å²) in [6.07, 6.45) is 1.36. The van der Waals surface area contributed by atoms with Gasteiger partial charge in [-0.05, 0) is 76.7 Å². The lowest BCUT2D eigenvalue weighted by molar-refractivity contribution is -0.116. The number of hydrazine groups is 1. The van der Waals surface area contributed by atoms with Gasteiger partial charge in [-0.3, -0.25) is 25.2 Å². The molecule has 7 nitrogen and oxygen atoms in total. The first-order valence-electron chi connectivity index (χ1n) is 10.6. The van der Waals surface area contributed by atoms with Crippen LogP contribution in [-0.4, -0.2) is 24.3 Å². The minimum atomic E-state index is -0.467. The first-order chi connectivity index (χ1) is 15.2. The van der Waals surface area contributed by atoms with Gasteiger partial charge in [-0.2, -0.15) is 0 Å². The molecule has 2 aromatic carbocycles. The van der Waals surface area contributed by atoms with E-state index < -0.39 is 11.8 Å². The van der Waals surface area contributed by atoms with Crippen LogP contribution < -0.4 is 20.9 Å². The predicted molar refractivity (Wildman–Crippen MR) is 129 cm³/mol. The Bertz CT molecular complexity index is 943. The number of carbonyl (C=O) groups is 3. The molecule has 8 heteroatoms. The van der Waals surface area contributed by atoms with Crippen LogP contribution in [0.2, 0.25) is 0 Å². The van der Waals surface area contributed by atoms with Gasteiger partial charge in [-0.15, -0.1) is 0 Å². The molecule has 2 aromatic rings. The van der Waals surface area contributed by atoms with Crippen molar-refractivity contribution in [3.63, 3.8) is 0 Å². The minimum Gasteiger partial charge on any atom is -0.492 e. The van der Waals surface area contributed by atoms with Crippen LogP contribution in [0.15, 0.2) is 46.9 Å². The molecular weight excluding hydrogens is 474 g/mol. The molecule has 0 heterocycles. The number of rotatable bonds is 9. The average molecular weight is 504 g/mol. The molecule has 0 radical (unpaired) electrons. The number of ether oxygens (including phenoxy) is 1. The summed E-state index contributed by atoms with van der Waals surface area (Å²) in [5, 5.41) is 2.78. The number of anilines is 1. The number of hydrogen-bond acceptors (Lipinski definition) is 4. The summed E-state index contributed by atoms with van der Waals surface area (Å²) >= 11 is 3.41. The van der Waals surface area contributed by atoms with Gasteiger partial charge in [0.15, 0.2) is 0 Å². The molecule has 0 aromatic heterocycles. The molecule has 3 N–H and O–H groups in total. The van der Waals surface area contributed by atoms with Crippen LogP contribution in [0.4, 0.5) is 5.69 Å². The van der Waals surface area contributed by atoms with Gasteiger partial charge in [0.1, 0.15) is 5.75 Å². The fraction of sp³-hybridized carbons (Fsp3) is 0.375. The molecule has 0 bridgehead atoms. The third-order valence-corrected chi connectivity index (χ3v) is 5.08. The molecule has 3 amide bonds. The van der Waals surface area contributed by atoms with Crippen molar-refractivity contribution in [2.24, 2.45) is 11.8 Å². The zero-order valence-electron chi connectivity index (χ0n) is 18.8. The smallest absolute Gasteiger partial charge is 0.269 e. The quantitative estimate of drug-likeness (QED) is 0.422. The Labute approximate surface area is 197 Å². The topological polar surface area (TPSA) is 96.5 Å². The van der Waals surface area contributed by atoms with E-state index in [2.05, 4.69) is 45.9 Å². The number of amides is 3. The first-order valence-corrected chi connectivity index (χ1v) is 11.4. The summed E-state index contributed by atoms with van der Waals surface area (Å²) in [6, 6.07) is 11.4. The number of halogens is 1. The van der Waals surface area contributed by atoms with Crippen molar-refractivity contribution in [2.45, 2.75) is 40.5 Å². The fourth-order valence-corrected chi connectivity index (χ4v) is 3.20. The summed E-state index contributed by atoms with van der Waals surface area (Å²) in [7, 11) is 0. The van der Waals surface area contributed by atoms with Gasteiger partial charge in [-0.25, -0.2) is 0 Å². The zero-order chi connectivity index (χ0) is 23.7. The normalized spacial score (nSPS) is 10.7. The lowest BCUT2D eigenvalue weighted by atomic mass is 10.1. The Morgan fingerprint density at radius 1 is 0.875 bits per heavy atom. The third-order valence-electron chi connectivity index (χ3n) is 4.46. The molecule has 0 aliphatic rings. The lowest BCUT2D eigenvalue weighted by Gasteiger charge is -2.12. The van der Waals surface area contributed by atoms with Crippen molar-refractivity contribution in [3.8, 4) is 5.75 Å². The van der Waals surface area contributed by atoms with E-state index in [1.54, 1.807) is 42.5 Å².